The number of hydrogen-bond acceptors (Lipinski definition) is 6. The molecule has 0 unspecified atom stereocenters. The van der Waals surface area contributed by atoms with Crippen molar-refractivity contribution >= 4 is 17.9 Å². The number of benzene rings is 1. The summed E-state index contributed by atoms with van der Waals surface area (Å²) in [6.07, 6.45) is -0.659. The molecule has 3 N–H and O–H groups in total. The Balaban J connectivity index is 1.83. The summed E-state index contributed by atoms with van der Waals surface area (Å²) in [5, 5.41) is 21.4. The van der Waals surface area contributed by atoms with Crippen LogP contribution in [0.1, 0.15) is 31.1 Å². The topological polar surface area (TPSA) is 119 Å². The predicted octanol–water partition coefficient (Wildman–Crippen LogP) is 0.907. The highest BCUT2D eigenvalue weighted by Crippen LogP contribution is 2.22. The van der Waals surface area contributed by atoms with E-state index in [9.17, 15) is 24.6 Å². The van der Waals surface area contributed by atoms with Crippen molar-refractivity contribution in [3.8, 4) is 11.5 Å². The fourth-order valence-electron chi connectivity index (χ4n) is 2.63. The monoisotopic (exact) mass is 379 g/mol. The number of carbonyl (C=O) groups is 3. The van der Waals surface area contributed by atoms with Gasteiger partial charge in [0.15, 0.2) is 0 Å². The van der Waals surface area contributed by atoms with Gasteiger partial charge in [0.1, 0.15) is 23.6 Å². The molecule has 27 heavy (non-hydrogen) atoms. The molecule has 1 aromatic carbocycles. The zero-order chi connectivity index (χ0) is 20.2. The van der Waals surface area contributed by atoms with Crippen molar-refractivity contribution in [1.82, 2.24) is 15.1 Å². The van der Waals surface area contributed by atoms with Crippen molar-refractivity contribution in [3.63, 3.8) is 0 Å². The predicted molar refractivity (Wildman–Crippen MR) is 96.5 cm³/mol. The molecule has 0 radical (unpaired) electrons. The molecule has 1 saturated heterocycles. The van der Waals surface area contributed by atoms with E-state index in [4.69, 9.17) is 4.74 Å². The van der Waals surface area contributed by atoms with Crippen molar-refractivity contribution < 1.29 is 29.3 Å². The maximum Gasteiger partial charge on any atom is 0.408 e. The van der Waals surface area contributed by atoms with E-state index < -0.39 is 11.7 Å². The third-order valence-corrected chi connectivity index (χ3v) is 3.85. The summed E-state index contributed by atoms with van der Waals surface area (Å²) >= 11 is 0. The van der Waals surface area contributed by atoms with Gasteiger partial charge in [0.25, 0.3) is 5.91 Å². The van der Waals surface area contributed by atoms with Crippen molar-refractivity contribution in [2.75, 3.05) is 32.7 Å². The van der Waals surface area contributed by atoms with Crippen LogP contribution in [0.25, 0.3) is 0 Å². The summed E-state index contributed by atoms with van der Waals surface area (Å²) in [5.74, 6) is -0.983. The Labute approximate surface area is 157 Å². The molecule has 1 aliphatic rings. The number of alkyl carbamates (subject to hydrolysis) is 1. The van der Waals surface area contributed by atoms with E-state index in [2.05, 4.69) is 5.32 Å². The molecule has 1 aliphatic heterocycles. The molecule has 1 aromatic rings. The molecule has 1 heterocycles. The van der Waals surface area contributed by atoms with Gasteiger partial charge in [-0.3, -0.25) is 9.59 Å². The number of phenols is 2. The van der Waals surface area contributed by atoms with Crippen LogP contribution in [-0.2, 0) is 9.53 Å². The van der Waals surface area contributed by atoms with Crippen LogP contribution in [0.3, 0.4) is 0 Å². The van der Waals surface area contributed by atoms with Gasteiger partial charge in [0.2, 0.25) is 5.91 Å². The molecule has 3 amide bonds. The van der Waals surface area contributed by atoms with Crippen molar-refractivity contribution in [1.29, 1.82) is 0 Å². The minimum atomic E-state index is -0.659. The maximum absolute atomic E-state index is 12.5. The zero-order valence-corrected chi connectivity index (χ0v) is 15.7. The van der Waals surface area contributed by atoms with Crippen LogP contribution in [-0.4, -0.2) is 76.2 Å². The van der Waals surface area contributed by atoms with Gasteiger partial charge in [0.05, 0.1) is 0 Å². The Bertz CT molecular complexity index is 700. The molecule has 2 rings (SSSR count). The van der Waals surface area contributed by atoms with Gasteiger partial charge in [-0.2, -0.15) is 0 Å². The van der Waals surface area contributed by atoms with Gasteiger partial charge < -0.3 is 30.1 Å². The largest absolute Gasteiger partial charge is 0.508 e. The first-order valence-corrected chi connectivity index (χ1v) is 8.62. The number of nitrogens with zero attached hydrogens (tertiary/aromatic N) is 2. The number of piperazine rings is 1. The van der Waals surface area contributed by atoms with Gasteiger partial charge in [-0.15, -0.1) is 0 Å². The fourth-order valence-corrected chi connectivity index (χ4v) is 2.63. The summed E-state index contributed by atoms with van der Waals surface area (Å²) < 4.78 is 5.08. The Morgan fingerprint density at radius 1 is 1.00 bits per heavy atom. The third kappa shape index (κ3) is 6.05. The molecule has 0 aromatic heterocycles. The highest BCUT2D eigenvalue weighted by atomic mass is 16.6. The number of carbonyl (C=O) groups excluding carboxylic acids is 3. The Morgan fingerprint density at radius 2 is 1.52 bits per heavy atom. The average molecular weight is 379 g/mol. The van der Waals surface area contributed by atoms with Crippen LogP contribution < -0.4 is 5.32 Å². The number of ether oxygens (including phenoxy) is 1. The maximum atomic E-state index is 12.5. The molecule has 9 nitrogen and oxygen atoms in total. The van der Waals surface area contributed by atoms with Crippen LogP contribution in [0.15, 0.2) is 18.2 Å². The first kappa shape index (κ1) is 20.3. The Morgan fingerprint density at radius 3 is 2.04 bits per heavy atom. The second-order valence-electron chi connectivity index (χ2n) is 7.27. The molecule has 0 spiro atoms. The van der Waals surface area contributed by atoms with Gasteiger partial charge in [-0.25, -0.2) is 4.79 Å². The van der Waals surface area contributed by atoms with Crippen LogP contribution in [0.4, 0.5) is 4.79 Å². The molecular weight excluding hydrogens is 354 g/mol. The van der Waals surface area contributed by atoms with E-state index in [-0.39, 0.29) is 35.4 Å². The lowest BCUT2D eigenvalue weighted by molar-refractivity contribution is -0.131. The molecule has 0 aliphatic carbocycles. The Kier molecular flexibility index (Phi) is 6.14. The third-order valence-electron chi connectivity index (χ3n) is 3.85. The van der Waals surface area contributed by atoms with E-state index in [1.54, 1.807) is 30.6 Å². The summed E-state index contributed by atoms with van der Waals surface area (Å²) in [5.41, 5.74) is -0.460. The summed E-state index contributed by atoms with van der Waals surface area (Å²) in [6.45, 7) is 6.30. The van der Waals surface area contributed by atoms with Crippen molar-refractivity contribution in [2.45, 2.75) is 26.4 Å². The van der Waals surface area contributed by atoms with Crippen LogP contribution in [0, 0.1) is 0 Å². The van der Waals surface area contributed by atoms with Crippen molar-refractivity contribution in [3.05, 3.63) is 23.8 Å². The summed E-state index contributed by atoms with van der Waals surface area (Å²) in [4.78, 5) is 39.3. The van der Waals surface area contributed by atoms with Gasteiger partial charge in [-0.05, 0) is 32.9 Å². The lowest BCUT2D eigenvalue weighted by atomic mass is 10.1. The molecule has 148 valence electrons. The lowest BCUT2D eigenvalue weighted by Gasteiger charge is -2.35. The zero-order valence-electron chi connectivity index (χ0n) is 15.7. The van der Waals surface area contributed by atoms with Crippen LogP contribution >= 0.6 is 0 Å². The first-order valence-electron chi connectivity index (χ1n) is 8.62. The second kappa shape index (κ2) is 8.15. The molecule has 9 heteroatoms. The van der Waals surface area contributed by atoms with Gasteiger partial charge in [-0.1, -0.05) is 0 Å². The van der Waals surface area contributed by atoms with E-state index in [0.29, 0.717) is 26.2 Å². The van der Waals surface area contributed by atoms with Gasteiger partial charge in [0, 0.05) is 37.8 Å². The quantitative estimate of drug-likeness (QED) is 0.718. The first-order chi connectivity index (χ1) is 12.5. The molecule has 1 fully saturated rings. The smallest absolute Gasteiger partial charge is 0.408 e. The van der Waals surface area contributed by atoms with E-state index in [1.165, 1.54) is 12.1 Å². The highest BCUT2D eigenvalue weighted by Gasteiger charge is 2.26. The number of aromatic hydroxyl groups is 2. The van der Waals surface area contributed by atoms with Crippen LogP contribution in [0.2, 0.25) is 0 Å². The number of hydrogen-bond donors (Lipinski definition) is 3. The Hall–Kier alpha value is -2.97. The molecule has 0 atom stereocenters. The normalized spacial score (nSPS) is 14.6. The minimum absolute atomic E-state index is 0.177. The van der Waals surface area contributed by atoms with E-state index >= 15 is 0 Å². The molecular formula is C18H25N3O6. The number of rotatable bonds is 3. The van der Waals surface area contributed by atoms with Gasteiger partial charge >= 0.3 is 6.09 Å². The van der Waals surface area contributed by atoms with E-state index in [0.717, 1.165) is 6.07 Å². The minimum Gasteiger partial charge on any atom is -0.508 e. The fraction of sp³-hybridized carbons (Fsp3) is 0.500. The lowest BCUT2D eigenvalue weighted by Crippen LogP contribution is -2.52. The number of nitrogens with one attached hydrogen (secondary N) is 1. The molecule has 0 bridgehead atoms. The number of amides is 3. The molecule has 0 saturated carbocycles. The van der Waals surface area contributed by atoms with Crippen molar-refractivity contribution in [2.24, 2.45) is 0 Å². The van der Waals surface area contributed by atoms with Crippen LogP contribution in [0.5, 0.6) is 11.5 Å². The van der Waals surface area contributed by atoms with E-state index in [1.807, 2.05) is 0 Å². The summed E-state index contributed by atoms with van der Waals surface area (Å²) in [7, 11) is 0. The number of phenolic OH excluding ortho intramolecular Hbond substituents is 2. The average Bonchev–Trinajstić information content (AvgIpc) is 2.57. The standard InChI is InChI=1S/C18H25N3O6/c1-18(2,3)27-17(26)19-11-15(24)20-4-6-21(7-5-20)16(25)12-8-13(22)10-14(23)9-12/h8-10,22-23H,4-7,11H2,1-3H3,(H,19,26). The summed E-state index contributed by atoms with van der Waals surface area (Å²) in [6, 6.07) is 3.71. The second-order valence-corrected chi connectivity index (χ2v) is 7.27. The highest BCUT2D eigenvalue weighted by molar-refractivity contribution is 5.95. The SMILES string of the molecule is CC(C)(C)OC(=O)NCC(=O)N1CCN(C(=O)c2cc(O)cc(O)c2)CC1.